The smallest absolute Gasteiger partial charge is 0.258 e. The molecule has 0 amide bonds. The highest BCUT2D eigenvalue weighted by atomic mass is 32.2. The second-order valence-electron chi connectivity index (χ2n) is 4.78. The Kier molecular flexibility index (Phi) is 3.95. The summed E-state index contributed by atoms with van der Waals surface area (Å²) < 4.78 is 5.27. The van der Waals surface area contributed by atoms with Crippen molar-refractivity contribution >= 4 is 23.1 Å². The Morgan fingerprint density at radius 3 is 2.87 bits per heavy atom. The zero-order chi connectivity index (χ0) is 15.5. The molecule has 1 aromatic carbocycles. The lowest BCUT2D eigenvalue weighted by Gasteiger charge is -1.95. The van der Waals surface area contributed by atoms with E-state index in [1.165, 1.54) is 0 Å². The van der Waals surface area contributed by atoms with Gasteiger partial charge in [0.1, 0.15) is 0 Å². The van der Waals surface area contributed by atoms with Gasteiger partial charge in [-0.15, -0.1) is 0 Å². The maximum Gasteiger partial charge on any atom is 0.258 e. The van der Waals surface area contributed by atoms with Crippen molar-refractivity contribution in [3.05, 3.63) is 59.2 Å². The zero-order valence-electron chi connectivity index (χ0n) is 12.0. The molecule has 0 spiro atoms. The van der Waals surface area contributed by atoms with Crippen LogP contribution in [0.25, 0.3) is 22.7 Å². The van der Waals surface area contributed by atoms with Gasteiger partial charge in [0.15, 0.2) is 11.0 Å². The van der Waals surface area contributed by atoms with Crippen LogP contribution in [0.5, 0.6) is 0 Å². The van der Waals surface area contributed by atoms with Crippen molar-refractivity contribution in [2.45, 2.75) is 10.9 Å². The van der Waals surface area contributed by atoms with Crippen molar-refractivity contribution in [3.8, 4) is 22.7 Å². The van der Waals surface area contributed by atoms with Gasteiger partial charge in [0.25, 0.3) is 5.89 Å². The van der Waals surface area contributed by atoms with Gasteiger partial charge in [-0.05, 0) is 17.0 Å². The molecule has 4 rings (SSSR count). The van der Waals surface area contributed by atoms with Crippen molar-refractivity contribution in [1.29, 1.82) is 0 Å². The largest absolute Gasteiger partial charge is 0.334 e. The normalized spacial score (nSPS) is 11.0. The van der Waals surface area contributed by atoms with Gasteiger partial charge < -0.3 is 9.51 Å². The molecule has 0 saturated carbocycles. The van der Waals surface area contributed by atoms with Gasteiger partial charge in [0, 0.05) is 5.38 Å². The maximum absolute atomic E-state index is 5.27. The van der Waals surface area contributed by atoms with E-state index in [4.69, 9.17) is 4.52 Å². The SMILES string of the molecule is c1ccc(-c2cnc(SCc3noc(-c4ccsc4)n3)[nH]2)cc1. The van der Waals surface area contributed by atoms with Crippen LogP contribution in [0.2, 0.25) is 0 Å². The van der Waals surface area contributed by atoms with Gasteiger partial charge in [0.05, 0.1) is 23.2 Å². The number of nitrogens with zero attached hydrogens (tertiary/aromatic N) is 3. The molecule has 0 aliphatic carbocycles. The molecule has 114 valence electrons. The van der Waals surface area contributed by atoms with E-state index in [1.807, 2.05) is 53.4 Å². The highest BCUT2D eigenvalue weighted by Gasteiger charge is 2.10. The van der Waals surface area contributed by atoms with E-state index in [-0.39, 0.29) is 0 Å². The van der Waals surface area contributed by atoms with Crippen LogP contribution in [-0.2, 0) is 5.75 Å². The Morgan fingerprint density at radius 2 is 2.04 bits per heavy atom. The molecule has 3 heterocycles. The van der Waals surface area contributed by atoms with E-state index in [9.17, 15) is 0 Å². The summed E-state index contributed by atoms with van der Waals surface area (Å²) in [5.74, 6) is 1.83. The minimum absolute atomic E-state index is 0.561. The number of thioether (sulfide) groups is 1. The molecule has 3 aromatic heterocycles. The summed E-state index contributed by atoms with van der Waals surface area (Å²) >= 11 is 3.16. The number of rotatable bonds is 5. The predicted molar refractivity (Wildman–Crippen MR) is 91.2 cm³/mol. The monoisotopic (exact) mass is 340 g/mol. The molecule has 1 N–H and O–H groups in total. The number of aromatic amines is 1. The standard InChI is InChI=1S/C16H12N4OS2/c1-2-4-11(5-3-1)13-8-17-16(18-13)23-10-14-19-15(21-20-14)12-6-7-22-9-12/h1-9H,10H2,(H,17,18). The molecule has 0 aliphatic rings. The van der Waals surface area contributed by atoms with Crippen LogP contribution in [0.3, 0.4) is 0 Å². The molecule has 0 bridgehead atoms. The predicted octanol–water partition coefficient (Wildman–Crippen LogP) is 4.48. The third kappa shape index (κ3) is 3.20. The van der Waals surface area contributed by atoms with E-state index in [0.29, 0.717) is 17.5 Å². The van der Waals surface area contributed by atoms with Crippen molar-refractivity contribution in [2.75, 3.05) is 0 Å². The number of H-pyrrole nitrogens is 1. The number of hydrogen-bond acceptors (Lipinski definition) is 6. The van der Waals surface area contributed by atoms with Crippen LogP contribution in [0.15, 0.2) is 63.0 Å². The van der Waals surface area contributed by atoms with Crippen LogP contribution >= 0.6 is 23.1 Å². The lowest BCUT2D eigenvalue weighted by Crippen LogP contribution is -1.85. The fourth-order valence-corrected chi connectivity index (χ4v) is 3.41. The fraction of sp³-hybridized carbons (Fsp3) is 0.0625. The average molecular weight is 340 g/mol. The molecule has 7 heteroatoms. The first-order chi connectivity index (χ1) is 11.4. The van der Waals surface area contributed by atoms with Crippen molar-refractivity contribution in [3.63, 3.8) is 0 Å². The van der Waals surface area contributed by atoms with Gasteiger partial charge in [-0.3, -0.25) is 0 Å². The van der Waals surface area contributed by atoms with Crippen molar-refractivity contribution < 1.29 is 4.52 Å². The fourth-order valence-electron chi connectivity index (χ4n) is 2.09. The van der Waals surface area contributed by atoms with Gasteiger partial charge in [-0.25, -0.2) is 4.98 Å². The van der Waals surface area contributed by atoms with Crippen LogP contribution < -0.4 is 0 Å². The van der Waals surface area contributed by atoms with E-state index < -0.39 is 0 Å². The topological polar surface area (TPSA) is 67.6 Å². The highest BCUT2D eigenvalue weighted by molar-refractivity contribution is 7.98. The van der Waals surface area contributed by atoms with Crippen LogP contribution in [0.4, 0.5) is 0 Å². The summed E-state index contributed by atoms with van der Waals surface area (Å²) in [4.78, 5) is 12.1. The number of hydrogen-bond donors (Lipinski definition) is 1. The zero-order valence-corrected chi connectivity index (χ0v) is 13.6. The Morgan fingerprint density at radius 1 is 1.13 bits per heavy atom. The molecule has 0 atom stereocenters. The molecular weight excluding hydrogens is 328 g/mol. The first-order valence-electron chi connectivity index (χ1n) is 6.97. The van der Waals surface area contributed by atoms with E-state index in [0.717, 1.165) is 22.0 Å². The minimum Gasteiger partial charge on any atom is -0.334 e. The molecule has 0 fully saturated rings. The molecule has 0 radical (unpaired) electrons. The Bertz CT molecular complexity index is 884. The summed E-state index contributed by atoms with van der Waals surface area (Å²) in [6.07, 6.45) is 1.84. The van der Waals surface area contributed by atoms with E-state index >= 15 is 0 Å². The maximum atomic E-state index is 5.27. The average Bonchev–Trinajstić information content (AvgIpc) is 3.33. The number of thiophene rings is 1. The molecule has 0 aliphatic heterocycles. The number of nitrogens with one attached hydrogen (secondary N) is 1. The first kappa shape index (κ1) is 14.2. The van der Waals surface area contributed by atoms with Crippen molar-refractivity contribution in [2.24, 2.45) is 0 Å². The lowest BCUT2D eigenvalue weighted by atomic mass is 10.2. The molecule has 4 aromatic rings. The number of benzene rings is 1. The summed E-state index contributed by atoms with van der Waals surface area (Å²) in [7, 11) is 0. The molecule has 0 saturated heterocycles. The number of imidazole rings is 1. The summed E-state index contributed by atoms with van der Waals surface area (Å²) in [5.41, 5.74) is 3.08. The van der Waals surface area contributed by atoms with E-state index in [1.54, 1.807) is 23.1 Å². The Labute approximate surface area is 140 Å². The molecule has 5 nitrogen and oxygen atoms in total. The van der Waals surface area contributed by atoms with Gasteiger partial charge in [-0.2, -0.15) is 16.3 Å². The number of aromatic nitrogens is 4. The molecule has 0 unspecified atom stereocenters. The van der Waals surface area contributed by atoms with Gasteiger partial charge in [0.2, 0.25) is 0 Å². The summed E-state index contributed by atoms with van der Waals surface area (Å²) in [6.45, 7) is 0. The highest BCUT2D eigenvalue weighted by Crippen LogP contribution is 2.25. The quantitative estimate of drug-likeness (QED) is 0.543. The van der Waals surface area contributed by atoms with Crippen LogP contribution in [0, 0.1) is 0 Å². The van der Waals surface area contributed by atoms with Crippen molar-refractivity contribution in [1.82, 2.24) is 20.1 Å². The minimum atomic E-state index is 0.561. The third-order valence-corrected chi connectivity index (χ3v) is 4.78. The second kappa shape index (κ2) is 6.39. The Hall–Kier alpha value is -2.38. The van der Waals surface area contributed by atoms with Crippen LogP contribution in [0.1, 0.15) is 5.82 Å². The molecule has 23 heavy (non-hydrogen) atoms. The second-order valence-corrected chi connectivity index (χ2v) is 6.53. The van der Waals surface area contributed by atoms with E-state index in [2.05, 4.69) is 20.1 Å². The van der Waals surface area contributed by atoms with Crippen LogP contribution in [-0.4, -0.2) is 20.1 Å². The summed E-state index contributed by atoms with van der Waals surface area (Å²) in [5, 5.41) is 8.82. The third-order valence-electron chi connectivity index (χ3n) is 3.21. The van der Waals surface area contributed by atoms with Gasteiger partial charge >= 0.3 is 0 Å². The first-order valence-corrected chi connectivity index (χ1v) is 8.90. The lowest BCUT2D eigenvalue weighted by molar-refractivity contribution is 0.425. The van der Waals surface area contributed by atoms with Gasteiger partial charge in [-0.1, -0.05) is 47.3 Å². The Balaban J connectivity index is 1.43. The summed E-state index contributed by atoms with van der Waals surface area (Å²) in [6, 6.07) is 12.1. The molecular formula is C16H12N4OS2.